The van der Waals surface area contributed by atoms with Gasteiger partial charge in [0.2, 0.25) is 0 Å². The Labute approximate surface area is 124 Å². The molecule has 0 aromatic heterocycles. The fraction of sp³-hybridized carbons (Fsp3) is 1.00. The first kappa shape index (κ1) is 14.8. The molecule has 0 aromatic rings. The maximum Gasteiger partial charge on any atom is 0.123 e. The van der Waals surface area contributed by atoms with Crippen LogP contribution in [0.15, 0.2) is 0 Å². The summed E-state index contributed by atoms with van der Waals surface area (Å²) in [6.45, 7) is 0.959. The molecule has 3 fully saturated rings. The molecule has 0 radical (unpaired) electrons. The van der Waals surface area contributed by atoms with E-state index < -0.39 is 0 Å². The van der Waals surface area contributed by atoms with Gasteiger partial charge in [0.1, 0.15) is 6.23 Å². The molecule has 2 saturated carbocycles. The van der Waals surface area contributed by atoms with Crippen LogP contribution in [0.2, 0.25) is 0 Å². The maximum atomic E-state index is 6.10. The van der Waals surface area contributed by atoms with Crippen LogP contribution in [0.5, 0.6) is 0 Å². The fourth-order valence-corrected chi connectivity index (χ4v) is 4.17. The Kier molecular flexibility index (Phi) is 5.75. The predicted octanol–water partition coefficient (Wildman–Crippen LogP) is 3.99. The summed E-state index contributed by atoms with van der Waals surface area (Å²) in [5.41, 5.74) is 3.90. The predicted molar refractivity (Wildman–Crippen MR) is 82.3 cm³/mol. The Hall–Kier alpha value is -0.120. The second-order valence-electron chi connectivity index (χ2n) is 6.98. The standard InChI is InChI=1S/C17H32N2O/c1-3-9-15(10-4-1)18-19(16-11-5-2-6-12-16)17-13-7-8-14-20-17/h15-18H,1-14H2. The van der Waals surface area contributed by atoms with Gasteiger partial charge in [0.25, 0.3) is 0 Å². The monoisotopic (exact) mass is 280 g/mol. The van der Waals surface area contributed by atoms with Gasteiger partial charge >= 0.3 is 0 Å². The van der Waals surface area contributed by atoms with Crippen LogP contribution in [0.1, 0.15) is 83.5 Å². The van der Waals surface area contributed by atoms with E-state index in [1.807, 2.05) is 0 Å². The summed E-state index contributed by atoms with van der Waals surface area (Å²) < 4.78 is 6.10. The molecule has 0 spiro atoms. The minimum Gasteiger partial charge on any atom is -0.362 e. The van der Waals surface area contributed by atoms with Gasteiger partial charge in [-0.1, -0.05) is 38.5 Å². The highest BCUT2D eigenvalue weighted by atomic mass is 16.5. The van der Waals surface area contributed by atoms with Crippen molar-refractivity contribution in [1.29, 1.82) is 0 Å². The van der Waals surface area contributed by atoms with Gasteiger partial charge in [0.05, 0.1) is 0 Å². The van der Waals surface area contributed by atoms with Crippen molar-refractivity contribution in [2.75, 3.05) is 6.61 Å². The third-order valence-electron chi connectivity index (χ3n) is 5.37. The van der Waals surface area contributed by atoms with Gasteiger partial charge < -0.3 is 4.74 Å². The van der Waals surface area contributed by atoms with Crippen LogP contribution in [-0.2, 0) is 4.74 Å². The largest absolute Gasteiger partial charge is 0.362 e. The van der Waals surface area contributed by atoms with E-state index in [0.717, 1.165) is 6.61 Å². The second-order valence-corrected chi connectivity index (χ2v) is 6.98. The van der Waals surface area contributed by atoms with Crippen LogP contribution in [0.4, 0.5) is 0 Å². The van der Waals surface area contributed by atoms with Crippen molar-refractivity contribution in [3.8, 4) is 0 Å². The van der Waals surface area contributed by atoms with E-state index in [4.69, 9.17) is 4.74 Å². The van der Waals surface area contributed by atoms with Crippen molar-refractivity contribution < 1.29 is 4.74 Å². The van der Waals surface area contributed by atoms with E-state index in [1.165, 1.54) is 83.5 Å². The smallest absolute Gasteiger partial charge is 0.123 e. The lowest BCUT2D eigenvalue weighted by atomic mass is 9.93. The van der Waals surface area contributed by atoms with Gasteiger partial charge in [-0.3, -0.25) is 0 Å². The van der Waals surface area contributed by atoms with E-state index in [1.54, 1.807) is 0 Å². The molecule has 1 N–H and O–H groups in total. The quantitative estimate of drug-likeness (QED) is 0.788. The molecule has 1 heterocycles. The third kappa shape index (κ3) is 3.96. The van der Waals surface area contributed by atoms with Crippen molar-refractivity contribution >= 4 is 0 Å². The van der Waals surface area contributed by atoms with Gasteiger partial charge in [0, 0.05) is 18.7 Å². The number of nitrogens with zero attached hydrogens (tertiary/aromatic N) is 1. The average molecular weight is 280 g/mol. The Morgan fingerprint density at radius 2 is 1.35 bits per heavy atom. The summed E-state index contributed by atoms with van der Waals surface area (Å²) in [6, 6.07) is 1.42. The molecule has 3 heteroatoms. The molecule has 0 aromatic carbocycles. The summed E-state index contributed by atoms with van der Waals surface area (Å²) in [5.74, 6) is 0. The zero-order chi connectivity index (χ0) is 13.6. The molecular formula is C17H32N2O. The van der Waals surface area contributed by atoms with Crippen molar-refractivity contribution in [3.63, 3.8) is 0 Å². The Balaban J connectivity index is 1.61. The van der Waals surface area contributed by atoms with Crippen LogP contribution < -0.4 is 5.43 Å². The molecule has 3 nitrogen and oxygen atoms in total. The molecule has 0 bridgehead atoms. The molecule has 1 aliphatic heterocycles. The van der Waals surface area contributed by atoms with E-state index in [-0.39, 0.29) is 0 Å². The lowest BCUT2D eigenvalue weighted by Gasteiger charge is -2.43. The van der Waals surface area contributed by atoms with Crippen LogP contribution in [0, 0.1) is 0 Å². The van der Waals surface area contributed by atoms with E-state index >= 15 is 0 Å². The lowest BCUT2D eigenvalue weighted by molar-refractivity contribution is -0.139. The van der Waals surface area contributed by atoms with Gasteiger partial charge in [-0.2, -0.15) is 0 Å². The first-order chi connectivity index (χ1) is 9.93. The van der Waals surface area contributed by atoms with E-state index in [2.05, 4.69) is 10.4 Å². The van der Waals surface area contributed by atoms with Crippen LogP contribution in [-0.4, -0.2) is 29.9 Å². The minimum atomic E-state index is 0.341. The molecule has 116 valence electrons. The summed E-state index contributed by atoms with van der Waals surface area (Å²) in [7, 11) is 0. The summed E-state index contributed by atoms with van der Waals surface area (Å²) in [4.78, 5) is 0. The molecule has 1 unspecified atom stereocenters. The number of ether oxygens (including phenoxy) is 1. The normalized spacial score (nSPS) is 30.8. The number of nitrogens with one attached hydrogen (secondary N) is 1. The van der Waals surface area contributed by atoms with Crippen LogP contribution in [0.25, 0.3) is 0 Å². The van der Waals surface area contributed by atoms with Gasteiger partial charge in [-0.15, -0.1) is 0 Å². The summed E-state index contributed by atoms with van der Waals surface area (Å²) in [5, 5.41) is 2.56. The highest BCUT2D eigenvalue weighted by Gasteiger charge is 2.31. The van der Waals surface area contributed by atoms with Crippen molar-refractivity contribution in [2.45, 2.75) is 102 Å². The van der Waals surface area contributed by atoms with Gasteiger partial charge in [-0.25, -0.2) is 10.4 Å². The lowest BCUT2D eigenvalue weighted by Crippen LogP contribution is -2.57. The summed E-state index contributed by atoms with van der Waals surface area (Å²) in [6.07, 6.45) is 18.1. The molecule has 3 rings (SSSR count). The SMILES string of the molecule is C1CCC(NN(C2CCCCC2)C2CCCCO2)CC1. The van der Waals surface area contributed by atoms with Crippen LogP contribution in [0.3, 0.4) is 0 Å². The van der Waals surface area contributed by atoms with E-state index in [9.17, 15) is 0 Å². The molecule has 1 atom stereocenters. The highest BCUT2D eigenvalue weighted by molar-refractivity contribution is 4.80. The molecule has 0 amide bonds. The maximum absolute atomic E-state index is 6.10. The van der Waals surface area contributed by atoms with Crippen molar-refractivity contribution in [1.82, 2.24) is 10.4 Å². The molecule has 2 aliphatic carbocycles. The number of hydrogen-bond acceptors (Lipinski definition) is 3. The van der Waals surface area contributed by atoms with E-state index in [0.29, 0.717) is 18.3 Å². The Bertz CT molecular complexity index is 248. The zero-order valence-electron chi connectivity index (χ0n) is 13.0. The van der Waals surface area contributed by atoms with Gasteiger partial charge in [-0.05, 0) is 44.9 Å². The zero-order valence-corrected chi connectivity index (χ0v) is 13.0. The number of rotatable bonds is 4. The van der Waals surface area contributed by atoms with Crippen molar-refractivity contribution in [3.05, 3.63) is 0 Å². The fourth-order valence-electron chi connectivity index (χ4n) is 4.17. The first-order valence-corrected chi connectivity index (χ1v) is 9.09. The number of hydrazine groups is 1. The van der Waals surface area contributed by atoms with Crippen LogP contribution >= 0.6 is 0 Å². The first-order valence-electron chi connectivity index (χ1n) is 9.09. The molecular weight excluding hydrogens is 248 g/mol. The second kappa shape index (κ2) is 7.77. The van der Waals surface area contributed by atoms with Gasteiger partial charge in [0.15, 0.2) is 0 Å². The van der Waals surface area contributed by atoms with Crippen molar-refractivity contribution in [2.24, 2.45) is 0 Å². The molecule has 20 heavy (non-hydrogen) atoms. The Morgan fingerprint density at radius 1 is 0.700 bits per heavy atom. The third-order valence-corrected chi connectivity index (χ3v) is 5.37. The summed E-state index contributed by atoms with van der Waals surface area (Å²) >= 11 is 0. The minimum absolute atomic E-state index is 0.341. The molecule has 1 saturated heterocycles. The average Bonchev–Trinajstić information content (AvgIpc) is 2.55. The number of hydrogen-bond donors (Lipinski definition) is 1. The highest BCUT2D eigenvalue weighted by Crippen LogP contribution is 2.28. The molecule has 3 aliphatic rings. The Morgan fingerprint density at radius 3 is 2.00 bits per heavy atom. The topological polar surface area (TPSA) is 24.5 Å².